The van der Waals surface area contributed by atoms with Crippen LogP contribution in [0.5, 0.6) is 0 Å². The summed E-state index contributed by atoms with van der Waals surface area (Å²) in [6.07, 6.45) is 2.14. The van der Waals surface area contributed by atoms with Gasteiger partial charge in [0.2, 0.25) is 11.8 Å². The van der Waals surface area contributed by atoms with Crippen LogP contribution in [0.1, 0.15) is 37.5 Å². The number of aryl methyl sites for hydroxylation is 1. The highest BCUT2D eigenvalue weighted by molar-refractivity contribution is 7.98. The van der Waals surface area contributed by atoms with E-state index in [2.05, 4.69) is 5.32 Å². The van der Waals surface area contributed by atoms with Crippen LogP contribution in [0.2, 0.25) is 5.02 Å². The van der Waals surface area contributed by atoms with Gasteiger partial charge in [0, 0.05) is 28.4 Å². The Hall–Kier alpha value is -3.79. The lowest BCUT2D eigenvalue weighted by Gasteiger charge is -2.35. The second kappa shape index (κ2) is 15.2. The lowest BCUT2D eigenvalue weighted by atomic mass is 10.0. The molecule has 0 saturated carbocycles. The van der Waals surface area contributed by atoms with Gasteiger partial charge < -0.3 is 10.2 Å². The van der Waals surface area contributed by atoms with Crippen molar-refractivity contribution in [2.24, 2.45) is 0 Å². The van der Waals surface area contributed by atoms with Gasteiger partial charge in [-0.1, -0.05) is 71.8 Å². The summed E-state index contributed by atoms with van der Waals surface area (Å²) in [6, 6.07) is 29.1. The zero-order valence-electron chi connectivity index (χ0n) is 26.7. The van der Waals surface area contributed by atoms with Crippen molar-refractivity contribution in [1.82, 2.24) is 10.2 Å². The molecule has 0 radical (unpaired) electrons. The average molecular weight is 678 g/mol. The molecule has 2 amide bonds. The predicted molar refractivity (Wildman–Crippen MR) is 188 cm³/mol. The molecule has 0 saturated heterocycles. The summed E-state index contributed by atoms with van der Waals surface area (Å²) < 4.78 is 29.5. The van der Waals surface area contributed by atoms with Crippen molar-refractivity contribution in [3.63, 3.8) is 0 Å². The maximum absolute atomic E-state index is 14.6. The summed E-state index contributed by atoms with van der Waals surface area (Å²) in [6.45, 7) is 7.05. The normalized spacial score (nSPS) is 12.3. The Balaban J connectivity index is 1.81. The number of benzene rings is 4. The first-order chi connectivity index (χ1) is 21.8. The molecule has 242 valence electrons. The third-order valence-corrected chi connectivity index (χ3v) is 10.0. The van der Waals surface area contributed by atoms with E-state index < -0.39 is 34.1 Å². The van der Waals surface area contributed by atoms with Crippen molar-refractivity contribution in [2.75, 3.05) is 17.1 Å². The first-order valence-electron chi connectivity index (χ1n) is 14.9. The molecular formula is C36H40ClN3O4S2. The highest BCUT2D eigenvalue weighted by Gasteiger charge is 2.35. The number of nitrogens with zero attached hydrogens (tertiary/aromatic N) is 2. The van der Waals surface area contributed by atoms with Gasteiger partial charge in [0.05, 0.1) is 10.6 Å². The van der Waals surface area contributed by atoms with Crippen LogP contribution in [-0.2, 0) is 32.6 Å². The second-order valence-corrected chi connectivity index (χ2v) is 15.3. The largest absolute Gasteiger partial charge is 0.350 e. The molecule has 7 nitrogen and oxygen atoms in total. The van der Waals surface area contributed by atoms with Crippen LogP contribution in [0.15, 0.2) is 113 Å². The van der Waals surface area contributed by atoms with E-state index in [-0.39, 0.29) is 23.8 Å². The number of sulfonamides is 1. The minimum atomic E-state index is -4.18. The fourth-order valence-electron chi connectivity index (χ4n) is 4.95. The number of thioether (sulfide) groups is 1. The molecule has 0 aliphatic rings. The van der Waals surface area contributed by atoms with Crippen molar-refractivity contribution in [3.05, 3.63) is 125 Å². The quantitative estimate of drug-likeness (QED) is 0.161. The number of amides is 2. The Bertz CT molecular complexity index is 1740. The van der Waals surface area contributed by atoms with Crippen LogP contribution in [0.25, 0.3) is 0 Å². The van der Waals surface area contributed by atoms with Gasteiger partial charge in [0.15, 0.2) is 0 Å². The Morgan fingerprint density at radius 2 is 1.50 bits per heavy atom. The molecule has 1 atom stereocenters. The highest BCUT2D eigenvalue weighted by atomic mass is 35.5. The number of anilines is 1. The number of rotatable bonds is 12. The number of nitrogens with one attached hydrogen (secondary N) is 1. The van der Waals surface area contributed by atoms with Crippen LogP contribution < -0.4 is 9.62 Å². The van der Waals surface area contributed by atoms with Gasteiger partial charge in [-0.3, -0.25) is 13.9 Å². The number of halogens is 1. The molecule has 1 N–H and O–H groups in total. The van der Waals surface area contributed by atoms with Gasteiger partial charge in [-0.2, -0.15) is 0 Å². The van der Waals surface area contributed by atoms with Gasteiger partial charge in [-0.25, -0.2) is 8.42 Å². The van der Waals surface area contributed by atoms with Crippen molar-refractivity contribution in [3.8, 4) is 0 Å². The molecule has 0 aliphatic heterocycles. The third-order valence-electron chi connectivity index (χ3n) is 7.26. The summed E-state index contributed by atoms with van der Waals surface area (Å²) in [5.74, 6) is -0.876. The molecular weight excluding hydrogens is 638 g/mol. The minimum Gasteiger partial charge on any atom is -0.350 e. The van der Waals surface area contributed by atoms with E-state index in [1.165, 1.54) is 16.7 Å². The molecule has 4 rings (SSSR count). The lowest BCUT2D eigenvalue weighted by molar-refractivity contribution is -0.140. The smallest absolute Gasteiger partial charge is 0.264 e. The Morgan fingerprint density at radius 1 is 0.870 bits per heavy atom. The highest BCUT2D eigenvalue weighted by Crippen LogP contribution is 2.27. The second-order valence-electron chi connectivity index (χ2n) is 12.1. The maximum atomic E-state index is 14.6. The van der Waals surface area contributed by atoms with Gasteiger partial charge in [-0.05, 0) is 93.6 Å². The molecule has 0 aliphatic carbocycles. The first-order valence-corrected chi connectivity index (χ1v) is 17.9. The van der Waals surface area contributed by atoms with E-state index in [0.717, 1.165) is 20.3 Å². The summed E-state index contributed by atoms with van der Waals surface area (Å²) in [5, 5.41) is 3.52. The number of carbonyl (C=O) groups is 2. The van der Waals surface area contributed by atoms with Gasteiger partial charge in [0.1, 0.15) is 12.6 Å². The van der Waals surface area contributed by atoms with Crippen LogP contribution >= 0.6 is 23.4 Å². The Kier molecular flexibility index (Phi) is 11.6. The van der Waals surface area contributed by atoms with Crippen molar-refractivity contribution in [1.29, 1.82) is 0 Å². The van der Waals surface area contributed by atoms with Gasteiger partial charge in [-0.15, -0.1) is 11.8 Å². The fourth-order valence-corrected chi connectivity index (χ4v) is 6.99. The summed E-state index contributed by atoms with van der Waals surface area (Å²) in [4.78, 5) is 31.0. The maximum Gasteiger partial charge on any atom is 0.264 e. The number of hydrogen-bond donors (Lipinski definition) is 1. The first kappa shape index (κ1) is 35.1. The number of carbonyl (C=O) groups excluding carboxylic acids is 2. The molecule has 0 bridgehead atoms. The van der Waals surface area contributed by atoms with E-state index in [0.29, 0.717) is 16.3 Å². The van der Waals surface area contributed by atoms with Crippen molar-refractivity contribution < 1.29 is 18.0 Å². The predicted octanol–water partition coefficient (Wildman–Crippen LogP) is 7.12. The van der Waals surface area contributed by atoms with Crippen LogP contribution in [-0.4, -0.2) is 49.5 Å². The standard InChI is InChI=1S/C36H40ClN3O4S2/c1-26-14-16-30(17-15-26)40(46(43,44)32-20-18-31(45-5)19-21-32)25-34(41)39(24-28-12-9-13-29(37)22-28)33(35(42)38-36(2,3)4)23-27-10-7-6-8-11-27/h6-22,33H,23-25H2,1-5H3,(H,38,42)/t33-/m1/s1. The molecule has 0 aromatic heterocycles. The van der Waals surface area contributed by atoms with E-state index in [9.17, 15) is 18.0 Å². The zero-order chi connectivity index (χ0) is 33.5. The molecule has 4 aromatic carbocycles. The monoisotopic (exact) mass is 677 g/mol. The van der Waals surface area contributed by atoms with E-state index in [4.69, 9.17) is 11.6 Å². The molecule has 0 heterocycles. The van der Waals surface area contributed by atoms with E-state index in [1.807, 2.05) is 70.3 Å². The summed E-state index contributed by atoms with van der Waals surface area (Å²) in [7, 11) is -4.18. The van der Waals surface area contributed by atoms with Gasteiger partial charge in [0.25, 0.3) is 10.0 Å². The van der Waals surface area contributed by atoms with Crippen molar-refractivity contribution >= 4 is 50.9 Å². The molecule has 0 unspecified atom stereocenters. The SMILES string of the molecule is CSc1ccc(S(=O)(=O)N(CC(=O)N(Cc2cccc(Cl)c2)[C@H](Cc2ccccc2)C(=O)NC(C)(C)C)c2ccc(C)cc2)cc1. The molecule has 4 aromatic rings. The fraction of sp³-hybridized carbons (Fsp3) is 0.278. The third kappa shape index (κ3) is 9.37. The summed E-state index contributed by atoms with van der Waals surface area (Å²) in [5.41, 5.74) is 2.28. The molecule has 0 fully saturated rings. The van der Waals surface area contributed by atoms with E-state index >= 15 is 0 Å². The molecule has 10 heteroatoms. The molecule has 46 heavy (non-hydrogen) atoms. The lowest BCUT2D eigenvalue weighted by Crippen LogP contribution is -2.56. The van der Waals surface area contributed by atoms with Crippen LogP contribution in [0, 0.1) is 6.92 Å². The van der Waals surface area contributed by atoms with Crippen molar-refractivity contribution in [2.45, 2.75) is 62.0 Å². The van der Waals surface area contributed by atoms with Crippen LogP contribution in [0.4, 0.5) is 5.69 Å². The Morgan fingerprint density at radius 3 is 2.09 bits per heavy atom. The Labute approximate surface area is 282 Å². The topological polar surface area (TPSA) is 86.8 Å². The molecule has 0 spiro atoms. The van der Waals surface area contributed by atoms with Crippen LogP contribution in [0.3, 0.4) is 0 Å². The zero-order valence-corrected chi connectivity index (χ0v) is 29.1. The van der Waals surface area contributed by atoms with Gasteiger partial charge >= 0.3 is 0 Å². The summed E-state index contributed by atoms with van der Waals surface area (Å²) >= 11 is 7.83. The van der Waals surface area contributed by atoms with E-state index in [1.54, 1.807) is 66.7 Å². The average Bonchev–Trinajstić information content (AvgIpc) is 3.01. The number of hydrogen-bond acceptors (Lipinski definition) is 5. The minimum absolute atomic E-state index is 0.0403.